The molecule has 1 aromatic heterocycles. The van der Waals surface area contributed by atoms with Crippen molar-refractivity contribution in [3.8, 4) is 0 Å². The molecule has 0 amide bonds. The van der Waals surface area contributed by atoms with Crippen LogP contribution in [-0.2, 0) is 0 Å². The predicted octanol–water partition coefficient (Wildman–Crippen LogP) is 4.38. The fourth-order valence-electron chi connectivity index (χ4n) is 3.24. The van der Waals surface area contributed by atoms with Crippen LogP contribution in [0.3, 0.4) is 0 Å². The van der Waals surface area contributed by atoms with Gasteiger partial charge in [-0.05, 0) is 69.0 Å². The van der Waals surface area contributed by atoms with Gasteiger partial charge in [-0.2, -0.15) is 0 Å². The van der Waals surface area contributed by atoms with Crippen LogP contribution in [0.25, 0.3) is 10.2 Å². The van der Waals surface area contributed by atoms with Gasteiger partial charge in [0.15, 0.2) is 0 Å². The summed E-state index contributed by atoms with van der Waals surface area (Å²) in [4.78, 5) is 4.77. The zero-order chi connectivity index (χ0) is 13.5. The van der Waals surface area contributed by atoms with Crippen LogP contribution in [0, 0.1) is 17.8 Å². The first-order valence-electron chi connectivity index (χ1n) is 7.90. The summed E-state index contributed by atoms with van der Waals surface area (Å²) >= 11 is 1.83. The number of nitrogens with zero attached hydrogens (tertiary/aromatic N) is 1. The van der Waals surface area contributed by atoms with Gasteiger partial charge in [0.25, 0.3) is 0 Å². The SMILES string of the molecule is CC(NCC(C1CC1)C1CC1)c1nc2ccccc2s1. The topological polar surface area (TPSA) is 24.9 Å². The van der Waals surface area contributed by atoms with Gasteiger partial charge in [0.05, 0.1) is 16.3 Å². The van der Waals surface area contributed by atoms with Gasteiger partial charge >= 0.3 is 0 Å². The van der Waals surface area contributed by atoms with E-state index >= 15 is 0 Å². The second kappa shape index (κ2) is 5.12. The Hall–Kier alpha value is -0.930. The molecule has 1 unspecified atom stereocenters. The molecular formula is C17H22N2S. The molecule has 20 heavy (non-hydrogen) atoms. The minimum absolute atomic E-state index is 0.382. The smallest absolute Gasteiger partial charge is 0.111 e. The van der Waals surface area contributed by atoms with Crippen molar-refractivity contribution in [2.75, 3.05) is 6.54 Å². The number of hydrogen-bond acceptors (Lipinski definition) is 3. The Morgan fingerprint density at radius 3 is 2.55 bits per heavy atom. The monoisotopic (exact) mass is 286 g/mol. The first-order valence-corrected chi connectivity index (χ1v) is 8.72. The third-order valence-corrected chi connectivity index (χ3v) is 6.01. The van der Waals surface area contributed by atoms with E-state index in [4.69, 9.17) is 4.98 Å². The minimum atomic E-state index is 0.382. The molecule has 2 aliphatic carbocycles. The van der Waals surface area contributed by atoms with Gasteiger partial charge < -0.3 is 5.32 Å². The van der Waals surface area contributed by atoms with Crippen LogP contribution in [0.15, 0.2) is 24.3 Å². The lowest BCUT2D eigenvalue weighted by molar-refractivity contribution is 0.362. The fourth-order valence-corrected chi connectivity index (χ4v) is 4.24. The molecule has 0 saturated heterocycles. The molecule has 0 bridgehead atoms. The van der Waals surface area contributed by atoms with E-state index in [1.165, 1.54) is 41.9 Å². The van der Waals surface area contributed by atoms with Gasteiger partial charge in [-0.3, -0.25) is 0 Å². The molecule has 2 aromatic rings. The van der Waals surface area contributed by atoms with E-state index in [0.717, 1.165) is 23.3 Å². The maximum Gasteiger partial charge on any atom is 0.111 e. The van der Waals surface area contributed by atoms with E-state index in [9.17, 15) is 0 Å². The van der Waals surface area contributed by atoms with Gasteiger partial charge in [0.2, 0.25) is 0 Å². The summed E-state index contributed by atoms with van der Waals surface area (Å²) in [5.74, 6) is 2.99. The molecule has 2 fully saturated rings. The Morgan fingerprint density at radius 1 is 1.20 bits per heavy atom. The van der Waals surface area contributed by atoms with Crippen molar-refractivity contribution < 1.29 is 0 Å². The van der Waals surface area contributed by atoms with Crippen molar-refractivity contribution >= 4 is 21.6 Å². The number of para-hydroxylation sites is 1. The normalized spacial score (nSPS) is 20.7. The van der Waals surface area contributed by atoms with Gasteiger partial charge in [-0.25, -0.2) is 4.98 Å². The zero-order valence-electron chi connectivity index (χ0n) is 12.0. The highest BCUT2D eigenvalue weighted by molar-refractivity contribution is 7.18. The van der Waals surface area contributed by atoms with E-state index in [0.29, 0.717) is 6.04 Å². The van der Waals surface area contributed by atoms with E-state index in [2.05, 4.69) is 36.5 Å². The van der Waals surface area contributed by atoms with Gasteiger partial charge in [0.1, 0.15) is 5.01 Å². The number of thiazole rings is 1. The molecule has 2 aliphatic rings. The Morgan fingerprint density at radius 2 is 1.90 bits per heavy atom. The number of hydrogen-bond donors (Lipinski definition) is 1. The third-order valence-electron chi connectivity index (χ3n) is 4.80. The average Bonchev–Trinajstić information content (AvgIpc) is 3.37. The molecule has 4 rings (SSSR count). The quantitative estimate of drug-likeness (QED) is 0.852. The molecule has 3 heteroatoms. The Kier molecular flexibility index (Phi) is 3.27. The Balaban J connectivity index is 1.42. The molecule has 0 spiro atoms. The van der Waals surface area contributed by atoms with Crippen LogP contribution in [0.5, 0.6) is 0 Å². The van der Waals surface area contributed by atoms with E-state index in [-0.39, 0.29) is 0 Å². The summed E-state index contributed by atoms with van der Waals surface area (Å²) in [7, 11) is 0. The lowest BCUT2D eigenvalue weighted by Crippen LogP contribution is -2.28. The fraction of sp³-hybridized carbons (Fsp3) is 0.588. The summed E-state index contributed by atoms with van der Waals surface area (Å²) < 4.78 is 1.30. The standard InChI is InChI=1S/C17H22N2S/c1-11(17-19-15-4-2-3-5-16(15)20-17)18-10-14(12-6-7-12)13-8-9-13/h2-5,11-14,18H,6-10H2,1H3. The summed E-state index contributed by atoms with van der Waals surface area (Å²) in [5.41, 5.74) is 1.14. The second-order valence-electron chi connectivity index (χ2n) is 6.49. The van der Waals surface area contributed by atoms with Crippen LogP contribution in [-0.4, -0.2) is 11.5 Å². The molecule has 0 aliphatic heterocycles. The van der Waals surface area contributed by atoms with E-state index in [1.54, 1.807) is 0 Å². The van der Waals surface area contributed by atoms with Crippen molar-refractivity contribution in [3.63, 3.8) is 0 Å². The average molecular weight is 286 g/mol. The number of nitrogens with one attached hydrogen (secondary N) is 1. The van der Waals surface area contributed by atoms with Crippen LogP contribution < -0.4 is 5.32 Å². The van der Waals surface area contributed by atoms with Gasteiger partial charge in [-0.1, -0.05) is 12.1 Å². The molecule has 1 N–H and O–H groups in total. The summed E-state index contributed by atoms with van der Waals surface area (Å²) in [6, 6.07) is 8.82. The highest BCUT2D eigenvalue weighted by atomic mass is 32.1. The maximum atomic E-state index is 4.77. The second-order valence-corrected chi connectivity index (χ2v) is 7.55. The number of fused-ring (bicyclic) bond motifs is 1. The van der Waals surface area contributed by atoms with Crippen molar-refractivity contribution in [2.45, 2.75) is 38.6 Å². The summed E-state index contributed by atoms with van der Waals surface area (Å²) in [5, 5.41) is 4.98. The molecular weight excluding hydrogens is 264 g/mol. The van der Waals surface area contributed by atoms with Crippen LogP contribution in [0.1, 0.15) is 43.7 Å². The van der Waals surface area contributed by atoms with E-state index < -0.39 is 0 Å². The van der Waals surface area contributed by atoms with Crippen LogP contribution in [0.4, 0.5) is 0 Å². The zero-order valence-corrected chi connectivity index (χ0v) is 12.8. The molecule has 1 aromatic carbocycles. The van der Waals surface area contributed by atoms with Gasteiger partial charge in [-0.15, -0.1) is 11.3 Å². The van der Waals surface area contributed by atoms with Crippen molar-refractivity contribution in [3.05, 3.63) is 29.3 Å². The molecule has 2 nitrogen and oxygen atoms in total. The Labute approximate surface area is 124 Å². The summed E-state index contributed by atoms with van der Waals surface area (Å²) in [6.45, 7) is 3.45. The van der Waals surface area contributed by atoms with Crippen molar-refractivity contribution in [1.82, 2.24) is 10.3 Å². The number of aromatic nitrogens is 1. The van der Waals surface area contributed by atoms with Crippen molar-refractivity contribution in [1.29, 1.82) is 0 Å². The number of benzene rings is 1. The molecule has 1 atom stereocenters. The van der Waals surface area contributed by atoms with Crippen LogP contribution >= 0.6 is 11.3 Å². The maximum absolute atomic E-state index is 4.77. The minimum Gasteiger partial charge on any atom is -0.308 e. The molecule has 106 valence electrons. The highest BCUT2D eigenvalue weighted by Crippen LogP contribution is 2.49. The molecule has 2 saturated carbocycles. The molecule has 0 radical (unpaired) electrons. The lowest BCUT2D eigenvalue weighted by atomic mass is 9.98. The largest absolute Gasteiger partial charge is 0.308 e. The van der Waals surface area contributed by atoms with Crippen LogP contribution in [0.2, 0.25) is 0 Å². The number of rotatable bonds is 6. The highest BCUT2D eigenvalue weighted by Gasteiger charge is 2.41. The first kappa shape index (κ1) is 12.8. The first-order chi connectivity index (χ1) is 9.81. The third kappa shape index (κ3) is 2.61. The van der Waals surface area contributed by atoms with Crippen molar-refractivity contribution in [2.24, 2.45) is 17.8 Å². The summed E-state index contributed by atoms with van der Waals surface area (Å²) in [6.07, 6.45) is 5.88. The predicted molar refractivity (Wildman–Crippen MR) is 85.0 cm³/mol. The van der Waals surface area contributed by atoms with E-state index in [1.807, 2.05) is 11.3 Å². The lowest BCUT2D eigenvalue weighted by Gasteiger charge is -2.19. The van der Waals surface area contributed by atoms with Gasteiger partial charge in [0, 0.05) is 0 Å². The molecule has 1 heterocycles. The Bertz CT molecular complexity index is 553.